The molecule has 6 nitrogen and oxygen atoms in total. The number of benzene rings is 1. The lowest BCUT2D eigenvalue weighted by Crippen LogP contribution is -2.52. The molecule has 0 N–H and O–H groups in total. The van der Waals surface area contributed by atoms with Crippen LogP contribution in [0.3, 0.4) is 0 Å². The van der Waals surface area contributed by atoms with Crippen LogP contribution in [0, 0.1) is 0 Å². The maximum Gasteiger partial charge on any atom is 0.363 e. The Balaban J connectivity index is 2.61. The van der Waals surface area contributed by atoms with Gasteiger partial charge in [-0.1, -0.05) is 36.9 Å². The largest absolute Gasteiger partial charge is 0.463 e. The maximum absolute atomic E-state index is 12.5. The molecular weight excluding hydrogens is 300 g/mol. The van der Waals surface area contributed by atoms with Gasteiger partial charge in [0.1, 0.15) is 0 Å². The van der Waals surface area contributed by atoms with Crippen molar-refractivity contribution in [3.63, 3.8) is 0 Å². The van der Waals surface area contributed by atoms with Gasteiger partial charge in [-0.05, 0) is 19.4 Å². The Bertz CT molecular complexity index is 616. The van der Waals surface area contributed by atoms with Gasteiger partial charge in [0.25, 0.3) is 0 Å². The van der Waals surface area contributed by atoms with Crippen LogP contribution in [0.2, 0.25) is 0 Å². The third-order valence-electron chi connectivity index (χ3n) is 3.56. The number of cyclic esters (lactones) is 1. The number of hydrogen-bond acceptors (Lipinski definition) is 6. The molecule has 1 atom stereocenters. The fourth-order valence-corrected chi connectivity index (χ4v) is 2.59. The second-order valence-corrected chi connectivity index (χ2v) is 4.94. The third-order valence-corrected chi connectivity index (χ3v) is 3.56. The molecule has 6 heteroatoms. The van der Waals surface area contributed by atoms with E-state index >= 15 is 0 Å². The minimum absolute atomic E-state index is 0.0114. The van der Waals surface area contributed by atoms with Crippen LogP contribution < -0.4 is 0 Å². The minimum atomic E-state index is -2.19. The van der Waals surface area contributed by atoms with Gasteiger partial charge in [0.15, 0.2) is 0 Å². The van der Waals surface area contributed by atoms with Gasteiger partial charge in [-0.25, -0.2) is 14.4 Å². The second-order valence-electron chi connectivity index (χ2n) is 4.94. The summed E-state index contributed by atoms with van der Waals surface area (Å²) in [4.78, 5) is 37.1. The van der Waals surface area contributed by atoms with Crippen molar-refractivity contribution in [2.75, 3.05) is 13.2 Å². The number of esters is 3. The van der Waals surface area contributed by atoms with E-state index in [2.05, 4.69) is 6.58 Å². The van der Waals surface area contributed by atoms with Crippen LogP contribution in [-0.2, 0) is 28.6 Å². The number of hydrogen-bond donors (Lipinski definition) is 0. The molecule has 23 heavy (non-hydrogen) atoms. The predicted octanol–water partition coefficient (Wildman–Crippen LogP) is 1.75. The van der Waals surface area contributed by atoms with Crippen molar-refractivity contribution >= 4 is 17.9 Å². The molecule has 1 fully saturated rings. The number of ether oxygens (including phenoxy) is 3. The number of carbonyl (C=O) groups is 3. The van der Waals surface area contributed by atoms with Gasteiger partial charge >= 0.3 is 23.5 Å². The highest BCUT2D eigenvalue weighted by Crippen LogP contribution is 2.45. The van der Waals surface area contributed by atoms with Gasteiger partial charge in [0, 0.05) is 5.57 Å². The molecule has 0 amide bonds. The van der Waals surface area contributed by atoms with Crippen molar-refractivity contribution < 1.29 is 28.6 Å². The van der Waals surface area contributed by atoms with E-state index < -0.39 is 29.4 Å². The first-order chi connectivity index (χ1) is 11.0. The average Bonchev–Trinajstić information content (AvgIpc) is 2.81. The Morgan fingerprint density at radius 1 is 1.13 bits per heavy atom. The van der Waals surface area contributed by atoms with Gasteiger partial charge in [0.2, 0.25) is 0 Å². The number of rotatable bonds is 5. The van der Waals surface area contributed by atoms with Crippen LogP contribution in [0.4, 0.5) is 0 Å². The number of carbonyl (C=O) groups excluding carboxylic acids is 3. The summed E-state index contributed by atoms with van der Waals surface area (Å²) in [6.45, 7) is 6.94. The van der Waals surface area contributed by atoms with Crippen LogP contribution in [0.1, 0.15) is 25.3 Å². The van der Waals surface area contributed by atoms with E-state index in [0.717, 1.165) is 0 Å². The molecule has 1 aliphatic rings. The quantitative estimate of drug-likeness (QED) is 0.356. The summed E-state index contributed by atoms with van der Waals surface area (Å²) < 4.78 is 15.1. The molecule has 122 valence electrons. The van der Waals surface area contributed by atoms with E-state index in [1.54, 1.807) is 44.2 Å². The summed E-state index contributed by atoms with van der Waals surface area (Å²) in [5.41, 5.74) is -1.64. The van der Waals surface area contributed by atoms with Crippen LogP contribution in [0.25, 0.3) is 0 Å². The molecule has 1 aromatic rings. The van der Waals surface area contributed by atoms with Crippen LogP contribution in [0.5, 0.6) is 0 Å². The Kier molecular flexibility index (Phi) is 4.83. The molecule has 0 radical (unpaired) electrons. The van der Waals surface area contributed by atoms with Crippen molar-refractivity contribution in [2.24, 2.45) is 0 Å². The predicted molar refractivity (Wildman–Crippen MR) is 80.4 cm³/mol. The van der Waals surface area contributed by atoms with E-state index in [1.807, 2.05) is 0 Å². The summed E-state index contributed by atoms with van der Waals surface area (Å²) in [6, 6.07) is 8.61. The van der Waals surface area contributed by atoms with Gasteiger partial charge in [0.05, 0.1) is 19.1 Å². The lowest BCUT2D eigenvalue weighted by molar-refractivity contribution is -0.190. The van der Waals surface area contributed by atoms with E-state index in [9.17, 15) is 14.4 Å². The molecule has 0 bridgehead atoms. The fraction of sp³-hybridized carbons (Fsp3) is 0.353. The zero-order chi connectivity index (χ0) is 17.0. The van der Waals surface area contributed by atoms with E-state index in [0.29, 0.717) is 5.56 Å². The first-order valence-electron chi connectivity index (χ1n) is 7.30. The van der Waals surface area contributed by atoms with Crippen molar-refractivity contribution in [2.45, 2.75) is 25.4 Å². The molecule has 1 aromatic carbocycles. The highest BCUT2D eigenvalue weighted by molar-refractivity contribution is 6.12. The fourth-order valence-electron chi connectivity index (χ4n) is 2.59. The van der Waals surface area contributed by atoms with Crippen LogP contribution in [-0.4, -0.2) is 36.7 Å². The van der Waals surface area contributed by atoms with E-state index in [4.69, 9.17) is 14.2 Å². The van der Waals surface area contributed by atoms with Crippen molar-refractivity contribution in [3.8, 4) is 0 Å². The minimum Gasteiger partial charge on any atom is -0.463 e. The molecule has 0 aliphatic carbocycles. The van der Waals surface area contributed by atoms with Crippen LogP contribution >= 0.6 is 0 Å². The molecule has 0 spiro atoms. The summed E-state index contributed by atoms with van der Waals surface area (Å²) in [6.07, 6.45) is 0. The van der Waals surface area contributed by atoms with Gasteiger partial charge in [-0.3, -0.25) is 0 Å². The van der Waals surface area contributed by atoms with Crippen molar-refractivity contribution in [1.82, 2.24) is 0 Å². The monoisotopic (exact) mass is 318 g/mol. The van der Waals surface area contributed by atoms with Crippen molar-refractivity contribution in [1.29, 1.82) is 0 Å². The van der Waals surface area contributed by atoms with Gasteiger partial charge in [-0.2, -0.15) is 0 Å². The highest BCUT2D eigenvalue weighted by atomic mass is 16.6. The van der Waals surface area contributed by atoms with Gasteiger partial charge < -0.3 is 14.2 Å². The first kappa shape index (κ1) is 16.7. The molecular formula is C17H18O6. The Labute approximate surface area is 134 Å². The smallest absolute Gasteiger partial charge is 0.363 e. The standard InChI is InChI=1S/C17H18O6/c1-4-21-15(19)17(16(20)22-5-2)13(11(3)14(18)23-17)12-9-7-6-8-10-12/h6-10,13H,3-5H2,1-2H3/t13-/m0/s1. The summed E-state index contributed by atoms with van der Waals surface area (Å²) in [5, 5.41) is 0. The maximum atomic E-state index is 12.5. The van der Waals surface area contributed by atoms with Crippen LogP contribution in [0.15, 0.2) is 42.5 Å². The average molecular weight is 318 g/mol. The SMILES string of the molecule is C=C1C(=O)OC(C(=O)OCC)(C(=O)OCC)[C@@H]1c1ccccc1. The molecule has 1 aliphatic heterocycles. The highest BCUT2D eigenvalue weighted by Gasteiger charge is 2.65. The molecule has 0 unspecified atom stereocenters. The molecule has 1 saturated heterocycles. The molecule has 1 heterocycles. The molecule has 2 rings (SSSR count). The normalized spacial score (nSPS) is 19.1. The van der Waals surface area contributed by atoms with Gasteiger partial charge in [-0.15, -0.1) is 0 Å². The van der Waals surface area contributed by atoms with E-state index in [1.165, 1.54) is 0 Å². The zero-order valence-corrected chi connectivity index (χ0v) is 13.0. The summed E-state index contributed by atoms with van der Waals surface area (Å²) >= 11 is 0. The van der Waals surface area contributed by atoms with Crippen molar-refractivity contribution in [3.05, 3.63) is 48.0 Å². The lowest BCUT2D eigenvalue weighted by Gasteiger charge is -2.28. The zero-order valence-electron chi connectivity index (χ0n) is 13.0. The first-order valence-corrected chi connectivity index (χ1v) is 7.30. The summed E-state index contributed by atoms with van der Waals surface area (Å²) in [7, 11) is 0. The Morgan fingerprint density at radius 2 is 1.65 bits per heavy atom. The van der Waals surface area contributed by atoms with E-state index in [-0.39, 0.29) is 18.8 Å². The lowest BCUT2D eigenvalue weighted by atomic mass is 9.79. The topological polar surface area (TPSA) is 78.9 Å². The Morgan fingerprint density at radius 3 is 2.13 bits per heavy atom. The molecule has 0 aromatic heterocycles. The Hall–Kier alpha value is -2.63. The second kappa shape index (κ2) is 6.64. The third kappa shape index (κ3) is 2.72. The molecule has 0 saturated carbocycles. The summed E-state index contributed by atoms with van der Waals surface area (Å²) in [5.74, 6) is -3.73.